The van der Waals surface area contributed by atoms with Gasteiger partial charge in [-0.25, -0.2) is 0 Å². The molecule has 1 aliphatic heterocycles. The van der Waals surface area contributed by atoms with Gasteiger partial charge in [0.2, 0.25) is 0 Å². The SMILES string of the molecule is CCCCCCCCCCCC(O)C[C@@H]1OC(=O)[C@H]1C. The number of aliphatic hydroxyl groups excluding tert-OH is 1. The standard InChI is InChI=1S/C17H32O3/c1-3-4-5-6-7-8-9-10-11-12-15(18)13-16-14(2)17(19)20-16/h14-16,18H,3-13H2,1-2H3/t14-,15?,16-/m0/s1. The lowest BCUT2D eigenvalue weighted by molar-refractivity contribution is -0.185. The molecule has 0 aliphatic carbocycles. The summed E-state index contributed by atoms with van der Waals surface area (Å²) in [4.78, 5) is 10.9. The van der Waals surface area contributed by atoms with Crippen LogP contribution in [0.2, 0.25) is 0 Å². The zero-order chi connectivity index (χ0) is 14.8. The minimum absolute atomic E-state index is 0.0206. The molecule has 1 aliphatic rings. The van der Waals surface area contributed by atoms with E-state index in [9.17, 15) is 9.90 Å². The van der Waals surface area contributed by atoms with Gasteiger partial charge in [-0.3, -0.25) is 4.79 Å². The van der Waals surface area contributed by atoms with Crippen LogP contribution in [-0.2, 0) is 9.53 Å². The molecule has 0 aromatic heterocycles. The first kappa shape index (κ1) is 17.5. The molecule has 1 unspecified atom stereocenters. The summed E-state index contributed by atoms with van der Waals surface area (Å²) in [6.45, 7) is 4.12. The average molecular weight is 284 g/mol. The highest BCUT2D eigenvalue weighted by atomic mass is 16.6. The third kappa shape index (κ3) is 6.74. The number of hydrogen-bond donors (Lipinski definition) is 1. The molecule has 118 valence electrons. The predicted octanol–water partition coefficient (Wildman–Crippen LogP) is 4.22. The van der Waals surface area contributed by atoms with Crippen LogP contribution in [0.1, 0.15) is 84.5 Å². The second-order valence-corrected chi connectivity index (χ2v) is 6.27. The van der Waals surface area contributed by atoms with E-state index in [-0.39, 0.29) is 24.1 Å². The second-order valence-electron chi connectivity index (χ2n) is 6.27. The smallest absolute Gasteiger partial charge is 0.312 e. The Morgan fingerprint density at radius 3 is 2.10 bits per heavy atom. The second kappa shape index (κ2) is 10.2. The molecule has 0 aromatic carbocycles. The molecular weight excluding hydrogens is 252 g/mol. The van der Waals surface area contributed by atoms with Crippen molar-refractivity contribution in [1.29, 1.82) is 0 Å². The molecular formula is C17H32O3. The maximum absolute atomic E-state index is 10.9. The molecule has 0 spiro atoms. The van der Waals surface area contributed by atoms with Crippen LogP contribution in [-0.4, -0.2) is 23.3 Å². The Kier molecular flexibility index (Phi) is 8.92. The van der Waals surface area contributed by atoms with Crippen LogP contribution in [0.4, 0.5) is 0 Å². The average Bonchev–Trinajstić information content (AvgIpc) is 2.45. The highest BCUT2D eigenvalue weighted by Crippen LogP contribution is 2.26. The van der Waals surface area contributed by atoms with Gasteiger partial charge < -0.3 is 9.84 Å². The Hall–Kier alpha value is -0.570. The summed E-state index contributed by atoms with van der Waals surface area (Å²) in [5, 5.41) is 9.90. The molecule has 20 heavy (non-hydrogen) atoms. The summed E-state index contributed by atoms with van der Waals surface area (Å²) in [5.74, 6) is -0.141. The molecule has 3 nitrogen and oxygen atoms in total. The monoisotopic (exact) mass is 284 g/mol. The number of ether oxygens (including phenoxy) is 1. The minimum atomic E-state index is -0.305. The lowest BCUT2D eigenvalue weighted by Gasteiger charge is -2.33. The molecule has 0 radical (unpaired) electrons. The van der Waals surface area contributed by atoms with Crippen LogP contribution in [0.3, 0.4) is 0 Å². The summed E-state index contributed by atoms with van der Waals surface area (Å²) in [5.41, 5.74) is 0. The fraction of sp³-hybridized carbons (Fsp3) is 0.941. The summed E-state index contributed by atoms with van der Waals surface area (Å²) in [6.07, 6.45) is 12.8. The van der Waals surface area contributed by atoms with Gasteiger partial charge in [-0.15, -0.1) is 0 Å². The fourth-order valence-corrected chi connectivity index (χ4v) is 2.77. The lowest BCUT2D eigenvalue weighted by Crippen LogP contribution is -2.44. The first-order chi connectivity index (χ1) is 9.65. The maximum atomic E-state index is 10.9. The molecule has 3 heteroatoms. The van der Waals surface area contributed by atoms with Crippen LogP contribution in [0, 0.1) is 5.92 Å². The maximum Gasteiger partial charge on any atom is 0.312 e. The summed E-state index contributed by atoms with van der Waals surface area (Å²) in [6, 6.07) is 0. The fourth-order valence-electron chi connectivity index (χ4n) is 2.77. The number of carbonyl (C=O) groups excluding carboxylic acids is 1. The lowest BCUT2D eigenvalue weighted by atomic mass is 9.92. The molecule has 3 atom stereocenters. The van der Waals surface area contributed by atoms with Crippen molar-refractivity contribution in [3.05, 3.63) is 0 Å². The molecule has 1 saturated heterocycles. The third-order valence-electron chi connectivity index (χ3n) is 4.34. The van der Waals surface area contributed by atoms with Crippen LogP contribution in [0.5, 0.6) is 0 Å². The van der Waals surface area contributed by atoms with Gasteiger partial charge in [-0.1, -0.05) is 64.7 Å². The third-order valence-corrected chi connectivity index (χ3v) is 4.34. The normalized spacial score (nSPS) is 23.2. The van der Waals surface area contributed by atoms with E-state index in [1.165, 1.54) is 51.4 Å². The number of carbonyl (C=O) groups is 1. The van der Waals surface area contributed by atoms with Gasteiger partial charge in [0, 0.05) is 6.42 Å². The number of cyclic esters (lactones) is 1. The van der Waals surface area contributed by atoms with Crippen molar-refractivity contribution in [2.45, 2.75) is 96.7 Å². The summed E-state index contributed by atoms with van der Waals surface area (Å²) < 4.78 is 5.01. The first-order valence-corrected chi connectivity index (χ1v) is 8.53. The van der Waals surface area contributed by atoms with Crippen molar-refractivity contribution in [3.63, 3.8) is 0 Å². The van der Waals surface area contributed by atoms with Crippen molar-refractivity contribution in [2.75, 3.05) is 0 Å². The van der Waals surface area contributed by atoms with E-state index < -0.39 is 0 Å². The number of esters is 1. The molecule has 1 fully saturated rings. The van der Waals surface area contributed by atoms with Gasteiger partial charge in [0.05, 0.1) is 12.0 Å². The quantitative estimate of drug-likeness (QED) is 0.431. The molecule has 0 aromatic rings. The highest BCUT2D eigenvalue weighted by molar-refractivity contribution is 5.77. The van der Waals surface area contributed by atoms with Crippen LogP contribution in [0.15, 0.2) is 0 Å². The van der Waals surface area contributed by atoms with Gasteiger partial charge in [0.15, 0.2) is 0 Å². The van der Waals surface area contributed by atoms with E-state index in [1.807, 2.05) is 6.92 Å². The Labute approximate surface area is 124 Å². The van der Waals surface area contributed by atoms with Gasteiger partial charge in [0.25, 0.3) is 0 Å². The zero-order valence-electron chi connectivity index (χ0n) is 13.3. The summed E-state index contributed by atoms with van der Waals surface area (Å²) in [7, 11) is 0. The number of aliphatic hydroxyl groups is 1. The number of hydrogen-bond acceptors (Lipinski definition) is 3. The molecule has 1 heterocycles. The van der Waals surface area contributed by atoms with Gasteiger partial charge in [0.1, 0.15) is 6.10 Å². The predicted molar refractivity (Wildman–Crippen MR) is 81.5 cm³/mol. The topological polar surface area (TPSA) is 46.5 Å². The van der Waals surface area contributed by atoms with Crippen molar-refractivity contribution in [3.8, 4) is 0 Å². The van der Waals surface area contributed by atoms with Crippen LogP contribution < -0.4 is 0 Å². The number of rotatable bonds is 12. The van der Waals surface area contributed by atoms with E-state index >= 15 is 0 Å². The van der Waals surface area contributed by atoms with Crippen molar-refractivity contribution < 1.29 is 14.6 Å². The Morgan fingerprint density at radius 1 is 1.05 bits per heavy atom. The molecule has 0 bridgehead atoms. The number of unbranched alkanes of at least 4 members (excludes halogenated alkanes) is 8. The van der Waals surface area contributed by atoms with Crippen LogP contribution in [0.25, 0.3) is 0 Å². The van der Waals surface area contributed by atoms with Crippen molar-refractivity contribution in [1.82, 2.24) is 0 Å². The van der Waals surface area contributed by atoms with Gasteiger partial charge in [-0.05, 0) is 13.3 Å². The Morgan fingerprint density at radius 2 is 1.60 bits per heavy atom. The summed E-state index contributed by atoms with van der Waals surface area (Å²) >= 11 is 0. The van der Waals surface area contributed by atoms with E-state index in [2.05, 4.69) is 6.92 Å². The van der Waals surface area contributed by atoms with E-state index in [1.54, 1.807) is 0 Å². The largest absolute Gasteiger partial charge is 0.461 e. The van der Waals surface area contributed by atoms with Gasteiger partial charge >= 0.3 is 5.97 Å². The van der Waals surface area contributed by atoms with Crippen molar-refractivity contribution >= 4 is 5.97 Å². The molecule has 1 N–H and O–H groups in total. The van der Waals surface area contributed by atoms with Crippen molar-refractivity contribution in [2.24, 2.45) is 5.92 Å². The molecule has 0 saturated carbocycles. The Bertz CT molecular complexity index is 265. The molecule has 1 rings (SSSR count). The Balaban J connectivity index is 1.85. The van der Waals surface area contributed by atoms with E-state index in [0.717, 1.165) is 12.8 Å². The zero-order valence-corrected chi connectivity index (χ0v) is 13.3. The van der Waals surface area contributed by atoms with Gasteiger partial charge in [-0.2, -0.15) is 0 Å². The van der Waals surface area contributed by atoms with E-state index in [0.29, 0.717) is 6.42 Å². The van der Waals surface area contributed by atoms with E-state index in [4.69, 9.17) is 4.74 Å². The molecule has 0 amide bonds. The first-order valence-electron chi connectivity index (χ1n) is 8.53. The highest BCUT2D eigenvalue weighted by Gasteiger charge is 2.39. The minimum Gasteiger partial charge on any atom is -0.461 e. The van der Waals surface area contributed by atoms with Crippen LogP contribution >= 0.6 is 0 Å².